The SMILES string of the molecule is C=CC(=O)Nc1cc(Nc2nccc(N3CC4(C=COC=C4)c4nc(C)ccc43)n2)c(OC)cc1N(C)CCN(C)C. The van der Waals surface area contributed by atoms with E-state index in [9.17, 15) is 4.79 Å². The number of benzene rings is 1. The molecular formula is C31H36N8O3. The molecule has 2 N–H and O–H groups in total. The molecule has 11 heteroatoms. The van der Waals surface area contributed by atoms with Crippen LogP contribution < -0.4 is 25.2 Å². The third-order valence-corrected chi connectivity index (χ3v) is 7.27. The van der Waals surface area contributed by atoms with Crippen LogP contribution in [0.15, 0.2) is 73.9 Å². The zero-order chi connectivity index (χ0) is 29.9. The number of nitrogens with zero attached hydrogens (tertiary/aromatic N) is 6. The first-order chi connectivity index (χ1) is 20.2. The second-order valence-corrected chi connectivity index (χ2v) is 10.5. The number of methoxy groups -OCH3 is 1. The van der Waals surface area contributed by atoms with Gasteiger partial charge in [-0.05, 0) is 63.5 Å². The number of amides is 1. The lowest BCUT2D eigenvalue weighted by atomic mass is 9.85. The van der Waals surface area contributed by atoms with Crippen LogP contribution in [-0.2, 0) is 14.9 Å². The largest absolute Gasteiger partial charge is 0.494 e. The number of carbonyl (C=O) groups is 1. The van der Waals surface area contributed by atoms with Crippen LogP contribution in [0.4, 0.5) is 34.5 Å². The van der Waals surface area contributed by atoms with Gasteiger partial charge < -0.3 is 34.8 Å². The van der Waals surface area contributed by atoms with Crippen molar-refractivity contribution >= 4 is 40.4 Å². The summed E-state index contributed by atoms with van der Waals surface area (Å²) in [5.74, 6) is 1.35. The van der Waals surface area contributed by atoms with Crippen molar-refractivity contribution in [3.05, 3.63) is 85.2 Å². The minimum atomic E-state index is -0.423. The number of aryl methyl sites for hydroxylation is 1. The molecule has 5 rings (SSSR count). The van der Waals surface area contributed by atoms with E-state index in [0.717, 1.165) is 35.9 Å². The Kier molecular flexibility index (Phi) is 8.12. The van der Waals surface area contributed by atoms with E-state index in [1.807, 2.05) is 64.5 Å². The first-order valence-electron chi connectivity index (χ1n) is 13.6. The molecule has 218 valence electrons. The van der Waals surface area contributed by atoms with Crippen LogP contribution in [0.25, 0.3) is 0 Å². The Labute approximate surface area is 246 Å². The van der Waals surface area contributed by atoms with Crippen molar-refractivity contribution in [2.75, 3.05) is 68.3 Å². The number of aromatic nitrogens is 3. The maximum atomic E-state index is 12.3. The van der Waals surface area contributed by atoms with Gasteiger partial charge in [-0.15, -0.1) is 0 Å². The van der Waals surface area contributed by atoms with Gasteiger partial charge >= 0.3 is 0 Å². The van der Waals surface area contributed by atoms with Crippen molar-refractivity contribution in [2.45, 2.75) is 12.3 Å². The molecule has 0 aliphatic carbocycles. The summed E-state index contributed by atoms with van der Waals surface area (Å²) in [6.45, 7) is 7.78. The number of fused-ring (bicyclic) bond motifs is 2. The van der Waals surface area contributed by atoms with Crippen LogP contribution >= 0.6 is 0 Å². The highest BCUT2D eigenvalue weighted by Gasteiger charge is 2.43. The topological polar surface area (TPSA) is 108 Å². The van der Waals surface area contributed by atoms with E-state index in [0.29, 0.717) is 35.4 Å². The van der Waals surface area contributed by atoms with Gasteiger partial charge in [0.15, 0.2) is 0 Å². The van der Waals surface area contributed by atoms with E-state index in [1.54, 1.807) is 25.8 Å². The second-order valence-electron chi connectivity index (χ2n) is 10.5. The molecule has 3 aromatic rings. The molecule has 1 aromatic carbocycles. The molecule has 42 heavy (non-hydrogen) atoms. The van der Waals surface area contributed by atoms with E-state index in [4.69, 9.17) is 19.4 Å². The molecule has 2 aliphatic heterocycles. The van der Waals surface area contributed by atoms with E-state index >= 15 is 0 Å². The fourth-order valence-corrected chi connectivity index (χ4v) is 5.01. The maximum absolute atomic E-state index is 12.3. The Morgan fingerprint density at radius 3 is 2.64 bits per heavy atom. The minimum absolute atomic E-state index is 0.312. The molecule has 2 aromatic heterocycles. The normalized spacial score (nSPS) is 14.5. The first kappa shape index (κ1) is 28.6. The van der Waals surface area contributed by atoms with E-state index in [-0.39, 0.29) is 5.91 Å². The molecule has 2 aliphatic rings. The minimum Gasteiger partial charge on any atom is -0.494 e. The van der Waals surface area contributed by atoms with Crippen molar-refractivity contribution in [1.82, 2.24) is 19.9 Å². The third kappa shape index (κ3) is 5.77. The molecule has 0 bridgehead atoms. The van der Waals surface area contributed by atoms with Crippen molar-refractivity contribution in [1.29, 1.82) is 0 Å². The Hall–Kier alpha value is -4.90. The van der Waals surface area contributed by atoms with Crippen molar-refractivity contribution in [2.24, 2.45) is 0 Å². The summed E-state index contributed by atoms with van der Waals surface area (Å²) in [6, 6.07) is 9.65. The predicted molar refractivity (Wildman–Crippen MR) is 166 cm³/mol. The fraction of sp³-hybridized carbons (Fsp3) is 0.290. The lowest BCUT2D eigenvalue weighted by Gasteiger charge is -2.26. The summed E-state index contributed by atoms with van der Waals surface area (Å²) < 4.78 is 11.1. The van der Waals surface area contributed by atoms with Gasteiger partial charge in [0.1, 0.15) is 11.6 Å². The molecule has 0 saturated heterocycles. The molecule has 0 unspecified atom stereocenters. The third-order valence-electron chi connectivity index (χ3n) is 7.27. The summed E-state index contributed by atoms with van der Waals surface area (Å²) in [6.07, 6.45) is 10.4. The van der Waals surface area contributed by atoms with E-state index in [1.165, 1.54) is 6.08 Å². The molecule has 0 radical (unpaired) electrons. The molecule has 1 spiro atoms. The van der Waals surface area contributed by atoms with Crippen LogP contribution in [0, 0.1) is 6.92 Å². The molecule has 4 heterocycles. The number of carbonyl (C=O) groups excluding carboxylic acids is 1. The van der Waals surface area contributed by atoms with Gasteiger partial charge in [-0.1, -0.05) is 6.58 Å². The fourth-order valence-electron chi connectivity index (χ4n) is 5.01. The number of ether oxygens (including phenoxy) is 2. The van der Waals surface area contributed by atoms with Gasteiger partial charge in [-0.2, -0.15) is 4.98 Å². The lowest BCUT2D eigenvalue weighted by Crippen LogP contribution is -2.29. The number of anilines is 6. The van der Waals surface area contributed by atoms with E-state index in [2.05, 4.69) is 43.0 Å². The summed E-state index contributed by atoms with van der Waals surface area (Å²) in [4.78, 5) is 32.8. The monoisotopic (exact) mass is 568 g/mol. The first-order valence-corrected chi connectivity index (χ1v) is 13.6. The Bertz CT molecular complexity index is 1540. The second kappa shape index (κ2) is 11.9. The highest BCUT2D eigenvalue weighted by atomic mass is 16.5. The van der Waals surface area contributed by atoms with E-state index < -0.39 is 5.41 Å². The molecular weight excluding hydrogens is 532 g/mol. The van der Waals surface area contributed by atoms with Crippen LogP contribution in [0.1, 0.15) is 11.4 Å². The number of likely N-dealkylation sites (N-methyl/N-ethyl adjacent to an activating group) is 2. The van der Waals surface area contributed by atoms with Crippen LogP contribution in [-0.4, -0.2) is 73.6 Å². The van der Waals surface area contributed by atoms with Crippen molar-refractivity contribution < 1.29 is 14.3 Å². The maximum Gasteiger partial charge on any atom is 0.247 e. The van der Waals surface area contributed by atoms with Gasteiger partial charge in [0.2, 0.25) is 11.9 Å². The standard InChI is InChI=1S/C31H36N8O3/c1-7-28(40)34-22-18-23(26(41-6)19-25(22)38(5)15-14-37(3)4)35-30-32-13-10-27(36-30)39-20-31(11-16-42-17-12-31)29-24(39)9-8-21(2)33-29/h7-13,16-19H,1,14-15,20H2,2-6H3,(H,34,40)(H,32,35,36). The van der Waals surface area contributed by atoms with Crippen LogP contribution in [0.5, 0.6) is 5.75 Å². The average molecular weight is 569 g/mol. The number of hydrogen-bond donors (Lipinski definition) is 2. The van der Waals surface area contributed by atoms with Crippen molar-refractivity contribution in [3.8, 4) is 5.75 Å². The smallest absolute Gasteiger partial charge is 0.247 e. The molecule has 1 amide bonds. The van der Waals surface area contributed by atoms with Crippen molar-refractivity contribution in [3.63, 3.8) is 0 Å². The zero-order valence-corrected chi connectivity index (χ0v) is 24.6. The highest BCUT2D eigenvalue weighted by molar-refractivity contribution is 6.02. The van der Waals surface area contributed by atoms with Crippen LogP contribution in [0.2, 0.25) is 0 Å². The summed E-state index contributed by atoms with van der Waals surface area (Å²) in [7, 11) is 7.62. The summed E-state index contributed by atoms with van der Waals surface area (Å²) in [5.41, 5.74) is 4.45. The predicted octanol–water partition coefficient (Wildman–Crippen LogP) is 4.50. The summed E-state index contributed by atoms with van der Waals surface area (Å²) in [5, 5.41) is 6.22. The number of rotatable bonds is 10. The van der Waals surface area contributed by atoms with Gasteiger partial charge in [0.25, 0.3) is 0 Å². The quantitative estimate of drug-likeness (QED) is 0.340. The molecule has 0 fully saturated rings. The Balaban J connectivity index is 1.48. The molecule has 0 atom stereocenters. The average Bonchev–Trinajstić information content (AvgIpc) is 3.28. The van der Waals surface area contributed by atoms with Crippen LogP contribution in [0.3, 0.4) is 0 Å². The Morgan fingerprint density at radius 1 is 1.14 bits per heavy atom. The number of hydrogen-bond acceptors (Lipinski definition) is 10. The number of pyridine rings is 1. The van der Waals surface area contributed by atoms with Gasteiger partial charge in [-0.25, -0.2) is 4.98 Å². The zero-order valence-electron chi connectivity index (χ0n) is 24.6. The highest BCUT2D eigenvalue weighted by Crippen LogP contribution is 2.46. The lowest BCUT2D eigenvalue weighted by molar-refractivity contribution is -0.111. The number of nitrogens with one attached hydrogen (secondary N) is 2. The molecule has 11 nitrogen and oxygen atoms in total. The van der Waals surface area contributed by atoms with Gasteiger partial charge in [-0.3, -0.25) is 9.78 Å². The van der Waals surface area contributed by atoms with Gasteiger partial charge in [0.05, 0.1) is 53.5 Å². The molecule has 0 saturated carbocycles. The van der Waals surface area contributed by atoms with Gasteiger partial charge in [0, 0.05) is 44.6 Å². The summed E-state index contributed by atoms with van der Waals surface area (Å²) >= 11 is 0. The Morgan fingerprint density at radius 2 is 1.93 bits per heavy atom.